The van der Waals surface area contributed by atoms with Crippen LogP contribution in [0.25, 0.3) is 0 Å². The van der Waals surface area contributed by atoms with E-state index in [1.54, 1.807) is 20.9 Å². The third-order valence-corrected chi connectivity index (χ3v) is 6.72. The molecular weight excluding hydrogens is 298 g/mol. The lowest BCUT2D eigenvalue weighted by Crippen LogP contribution is -2.57. The highest BCUT2D eigenvalue weighted by Crippen LogP contribution is 2.24. The molecule has 6 heteroatoms. The van der Waals surface area contributed by atoms with E-state index in [1.165, 1.54) is 12.8 Å². The summed E-state index contributed by atoms with van der Waals surface area (Å²) in [5.74, 6) is 1.02. The van der Waals surface area contributed by atoms with Crippen LogP contribution in [0.3, 0.4) is 0 Å². The molecule has 130 valence electrons. The van der Waals surface area contributed by atoms with Gasteiger partial charge in [0.25, 0.3) is 0 Å². The third-order valence-electron chi connectivity index (χ3n) is 4.19. The molecule has 1 aliphatic heterocycles. The highest BCUT2D eigenvalue weighted by molar-refractivity contribution is 7.92. The van der Waals surface area contributed by atoms with Crippen LogP contribution in [-0.2, 0) is 9.84 Å². The fourth-order valence-corrected chi connectivity index (χ4v) is 4.00. The summed E-state index contributed by atoms with van der Waals surface area (Å²) in [6.07, 6.45) is 3.50. The van der Waals surface area contributed by atoms with E-state index in [-0.39, 0.29) is 5.75 Å². The van der Waals surface area contributed by atoms with E-state index < -0.39 is 14.6 Å². The highest BCUT2D eigenvalue weighted by atomic mass is 32.2. The molecule has 1 aliphatic rings. The van der Waals surface area contributed by atoms with Gasteiger partial charge in [-0.15, -0.1) is 0 Å². The van der Waals surface area contributed by atoms with Gasteiger partial charge in [-0.2, -0.15) is 0 Å². The van der Waals surface area contributed by atoms with Crippen molar-refractivity contribution in [2.24, 2.45) is 10.4 Å². The Morgan fingerprint density at radius 1 is 1.27 bits per heavy atom. The molecule has 5 nitrogen and oxygen atoms in total. The predicted molar refractivity (Wildman–Crippen MR) is 94.1 cm³/mol. The van der Waals surface area contributed by atoms with E-state index in [0.717, 1.165) is 18.9 Å². The molecular formula is C16H33N3O2S. The van der Waals surface area contributed by atoms with Gasteiger partial charge in [-0.25, -0.2) is 8.42 Å². The molecule has 0 spiro atoms. The van der Waals surface area contributed by atoms with Gasteiger partial charge in [-0.1, -0.05) is 27.2 Å². The van der Waals surface area contributed by atoms with E-state index in [1.807, 2.05) is 0 Å². The quantitative estimate of drug-likeness (QED) is 0.488. The molecule has 0 aliphatic carbocycles. The van der Waals surface area contributed by atoms with E-state index in [2.05, 4.69) is 36.0 Å². The van der Waals surface area contributed by atoms with E-state index in [9.17, 15) is 8.42 Å². The smallest absolute Gasteiger partial charge is 0.193 e. The minimum Gasteiger partial charge on any atom is -0.356 e. The van der Waals surface area contributed by atoms with Crippen LogP contribution in [0.5, 0.6) is 0 Å². The summed E-state index contributed by atoms with van der Waals surface area (Å²) in [5, 5.41) is 3.37. The minimum atomic E-state index is -3.01. The molecule has 0 aromatic rings. The molecule has 1 N–H and O–H groups in total. The van der Waals surface area contributed by atoms with Crippen LogP contribution >= 0.6 is 0 Å². The number of sulfone groups is 1. The zero-order chi connectivity index (χ0) is 17.0. The molecule has 1 fully saturated rings. The molecule has 22 heavy (non-hydrogen) atoms. The predicted octanol–water partition coefficient (Wildman–Crippen LogP) is 2.29. The Balaban J connectivity index is 2.46. The zero-order valence-corrected chi connectivity index (χ0v) is 15.9. The molecule has 0 unspecified atom stereocenters. The van der Waals surface area contributed by atoms with Crippen molar-refractivity contribution in [3.8, 4) is 0 Å². The first kappa shape index (κ1) is 19.3. The van der Waals surface area contributed by atoms with Crippen molar-refractivity contribution in [3.05, 3.63) is 0 Å². The largest absolute Gasteiger partial charge is 0.356 e. The summed E-state index contributed by atoms with van der Waals surface area (Å²) >= 11 is 0. The van der Waals surface area contributed by atoms with Crippen LogP contribution in [0.1, 0.15) is 53.9 Å². The standard InChI is InChI=1S/C16H33N3O2S/c1-15(2,3)9-7-8-10-18-14(17-6)19-11-12-22(20,21)16(4,5)13-19/h7-13H2,1-6H3,(H,17,18). The SMILES string of the molecule is CN=C(NCCCCC(C)(C)C)N1CCS(=O)(=O)C(C)(C)C1. The molecule has 0 radical (unpaired) electrons. The summed E-state index contributed by atoms with van der Waals surface area (Å²) in [6.45, 7) is 12.3. The number of hydrogen-bond acceptors (Lipinski definition) is 3. The molecule has 0 saturated carbocycles. The number of guanidine groups is 1. The van der Waals surface area contributed by atoms with Crippen molar-refractivity contribution in [3.63, 3.8) is 0 Å². The summed E-state index contributed by atoms with van der Waals surface area (Å²) in [5.41, 5.74) is 0.382. The first-order valence-electron chi connectivity index (χ1n) is 8.16. The molecule has 0 amide bonds. The molecule has 0 aromatic carbocycles. The van der Waals surface area contributed by atoms with Gasteiger partial charge in [0, 0.05) is 26.7 Å². The van der Waals surface area contributed by atoms with Gasteiger partial charge in [0.05, 0.1) is 10.5 Å². The van der Waals surface area contributed by atoms with Crippen molar-refractivity contribution in [1.29, 1.82) is 0 Å². The van der Waals surface area contributed by atoms with Crippen molar-refractivity contribution >= 4 is 15.8 Å². The zero-order valence-electron chi connectivity index (χ0n) is 15.1. The molecule has 1 rings (SSSR count). The van der Waals surface area contributed by atoms with Crippen LogP contribution in [0.2, 0.25) is 0 Å². The second kappa shape index (κ2) is 7.20. The average molecular weight is 332 g/mol. The van der Waals surface area contributed by atoms with Crippen LogP contribution < -0.4 is 5.32 Å². The van der Waals surface area contributed by atoms with Crippen LogP contribution in [-0.4, -0.2) is 56.5 Å². The highest BCUT2D eigenvalue weighted by Gasteiger charge is 2.40. The Bertz CT molecular complexity index is 490. The Labute approximate surface area is 136 Å². The van der Waals surface area contributed by atoms with E-state index >= 15 is 0 Å². The number of hydrogen-bond donors (Lipinski definition) is 1. The fourth-order valence-electron chi connectivity index (χ4n) is 2.64. The first-order chi connectivity index (χ1) is 9.98. The number of unbranched alkanes of at least 4 members (excludes halogenated alkanes) is 1. The monoisotopic (exact) mass is 331 g/mol. The Hall–Kier alpha value is -0.780. The number of aliphatic imine (C=N–C) groups is 1. The summed E-state index contributed by atoms with van der Waals surface area (Å²) in [7, 11) is -1.25. The normalized spacial score (nSPS) is 21.7. The summed E-state index contributed by atoms with van der Waals surface area (Å²) < 4.78 is 23.4. The van der Waals surface area contributed by atoms with E-state index in [0.29, 0.717) is 18.5 Å². The van der Waals surface area contributed by atoms with Crippen molar-refractivity contribution < 1.29 is 8.42 Å². The summed E-state index contributed by atoms with van der Waals surface area (Å²) in [6, 6.07) is 0. The van der Waals surface area contributed by atoms with E-state index in [4.69, 9.17) is 0 Å². The van der Waals surface area contributed by atoms with Gasteiger partial charge < -0.3 is 10.2 Å². The lowest BCUT2D eigenvalue weighted by Gasteiger charge is -2.39. The fraction of sp³-hybridized carbons (Fsp3) is 0.938. The van der Waals surface area contributed by atoms with Crippen molar-refractivity contribution in [2.45, 2.75) is 58.6 Å². The Kier molecular flexibility index (Phi) is 6.30. The van der Waals surface area contributed by atoms with Gasteiger partial charge in [0.2, 0.25) is 0 Å². The molecule has 0 aromatic heterocycles. The van der Waals surface area contributed by atoms with Crippen LogP contribution in [0, 0.1) is 5.41 Å². The first-order valence-corrected chi connectivity index (χ1v) is 9.82. The Morgan fingerprint density at radius 2 is 1.91 bits per heavy atom. The molecule has 0 atom stereocenters. The minimum absolute atomic E-state index is 0.199. The third kappa shape index (κ3) is 5.45. The lowest BCUT2D eigenvalue weighted by molar-refractivity contribution is 0.347. The second-order valence-electron chi connectivity index (χ2n) is 7.99. The van der Waals surface area contributed by atoms with Crippen molar-refractivity contribution in [1.82, 2.24) is 10.2 Å². The summed E-state index contributed by atoms with van der Waals surface area (Å²) in [4.78, 5) is 6.37. The van der Waals surface area contributed by atoms with Gasteiger partial charge in [-0.3, -0.25) is 4.99 Å². The average Bonchev–Trinajstić information content (AvgIpc) is 2.36. The van der Waals surface area contributed by atoms with Crippen LogP contribution in [0.4, 0.5) is 0 Å². The van der Waals surface area contributed by atoms with Gasteiger partial charge in [0.15, 0.2) is 15.8 Å². The molecule has 1 saturated heterocycles. The van der Waals surface area contributed by atoms with Gasteiger partial charge in [-0.05, 0) is 32.1 Å². The van der Waals surface area contributed by atoms with Gasteiger partial charge >= 0.3 is 0 Å². The Morgan fingerprint density at radius 3 is 2.41 bits per heavy atom. The van der Waals surface area contributed by atoms with Crippen LogP contribution in [0.15, 0.2) is 4.99 Å². The van der Waals surface area contributed by atoms with Crippen molar-refractivity contribution in [2.75, 3.05) is 32.4 Å². The number of rotatable bonds is 4. The molecule has 0 bridgehead atoms. The topological polar surface area (TPSA) is 61.8 Å². The number of nitrogens with one attached hydrogen (secondary N) is 1. The molecule has 1 heterocycles. The second-order valence-corrected chi connectivity index (χ2v) is 10.7. The maximum absolute atomic E-state index is 12.1. The lowest BCUT2D eigenvalue weighted by atomic mass is 9.90. The maximum Gasteiger partial charge on any atom is 0.193 e. The number of nitrogens with zero attached hydrogens (tertiary/aromatic N) is 2. The van der Waals surface area contributed by atoms with Gasteiger partial charge in [0.1, 0.15) is 0 Å². The maximum atomic E-state index is 12.1.